The van der Waals surface area contributed by atoms with Gasteiger partial charge >= 0.3 is 0 Å². The van der Waals surface area contributed by atoms with Gasteiger partial charge in [-0.2, -0.15) is 0 Å². The first kappa shape index (κ1) is 13.2. The van der Waals surface area contributed by atoms with Gasteiger partial charge in [0.1, 0.15) is 0 Å². The van der Waals surface area contributed by atoms with Crippen LogP contribution in [-0.2, 0) is 9.47 Å². The predicted octanol–water partition coefficient (Wildman–Crippen LogP) is 1.85. The van der Waals surface area contributed by atoms with Gasteiger partial charge < -0.3 is 14.4 Å². The minimum absolute atomic E-state index is 0.253. The summed E-state index contributed by atoms with van der Waals surface area (Å²) in [7, 11) is 1.66. The number of methoxy groups -OCH3 is 1. The van der Waals surface area contributed by atoms with Crippen LogP contribution in [0.3, 0.4) is 0 Å². The molecule has 0 aromatic carbocycles. The minimum Gasteiger partial charge on any atom is -0.382 e. The standard InChI is InChI=1S/C13H19FN2O2/c1-17-9-10-18-11-4-7-16(8-5-11)13-12(14)3-2-6-15-13/h2-3,6,11H,4-5,7-10H2,1H3. The fourth-order valence-corrected chi connectivity index (χ4v) is 2.14. The highest BCUT2D eigenvalue weighted by Gasteiger charge is 2.22. The van der Waals surface area contributed by atoms with Gasteiger partial charge in [-0.25, -0.2) is 9.37 Å². The molecule has 2 heterocycles. The number of anilines is 1. The van der Waals surface area contributed by atoms with Gasteiger partial charge in [0.2, 0.25) is 0 Å². The van der Waals surface area contributed by atoms with Crippen molar-refractivity contribution >= 4 is 5.82 Å². The quantitative estimate of drug-likeness (QED) is 0.751. The Bertz CT molecular complexity index is 368. The van der Waals surface area contributed by atoms with E-state index < -0.39 is 0 Å². The van der Waals surface area contributed by atoms with E-state index in [9.17, 15) is 4.39 Å². The molecule has 0 atom stereocenters. The van der Waals surface area contributed by atoms with Crippen LogP contribution in [0, 0.1) is 5.82 Å². The number of hydrogen-bond acceptors (Lipinski definition) is 4. The molecule has 0 unspecified atom stereocenters. The van der Waals surface area contributed by atoms with Gasteiger partial charge in [-0.05, 0) is 25.0 Å². The van der Waals surface area contributed by atoms with E-state index in [2.05, 4.69) is 4.98 Å². The van der Waals surface area contributed by atoms with E-state index in [4.69, 9.17) is 9.47 Å². The van der Waals surface area contributed by atoms with Crippen molar-refractivity contribution < 1.29 is 13.9 Å². The number of hydrogen-bond donors (Lipinski definition) is 0. The molecule has 0 spiro atoms. The zero-order chi connectivity index (χ0) is 12.8. The number of piperidine rings is 1. The van der Waals surface area contributed by atoms with Crippen molar-refractivity contribution in [3.63, 3.8) is 0 Å². The lowest BCUT2D eigenvalue weighted by Gasteiger charge is -2.32. The van der Waals surface area contributed by atoms with E-state index in [1.54, 1.807) is 19.4 Å². The Balaban J connectivity index is 1.81. The summed E-state index contributed by atoms with van der Waals surface area (Å²) < 4.78 is 24.2. The van der Waals surface area contributed by atoms with Crippen molar-refractivity contribution in [2.24, 2.45) is 0 Å². The molecule has 1 aliphatic rings. The summed E-state index contributed by atoms with van der Waals surface area (Å²) in [6.45, 7) is 2.81. The Morgan fingerprint density at radius 1 is 1.39 bits per heavy atom. The van der Waals surface area contributed by atoms with Crippen molar-refractivity contribution in [3.8, 4) is 0 Å². The Labute approximate surface area is 107 Å². The van der Waals surface area contributed by atoms with Crippen LogP contribution >= 0.6 is 0 Å². The molecule has 0 bridgehead atoms. The second-order valence-electron chi connectivity index (χ2n) is 4.36. The molecule has 0 amide bonds. The normalized spacial score (nSPS) is 17.1. The molecule has 18 heavy (non-hydrogen) atoms. The van der Waals surface area contributed by atoms with Crippen LogP contribution in [0.2, 0.25) is 0 Å². The largest absolute Gasteiger partial charge is 0.382 e. The zero-order valence-electron chi connectivity index (χ0n) is 10.6. The van der Waals surface area contributed by atoms with Crippen LogP contribution in [0.4, 0.5) is 10.2 Å². The smallest absolute Gasteiger partial charge is 0.165 e. The third-order valence-electron chi connectivity index (χ3n) is 3.12. The fourth-order valence-electron chi connectivity index (χ4n) is 2.14. The monoisotopic (exact) mass is 254 g/mol. The number of halogens is 1. The van der Waals surface area contributed by atoms with Crippen LogP contribution in [-0.4, -0.2) is 44.5 Å². The highest BCUT2D eigenvalue weighted by Crippen LogP contribution is 2.21. The van der Waals surface area contributed by atoms with Crippen molar-refractivity contribution in [2.75, 3.05) is 38.3 Å². The van der Waals surface area contributed by atoms with E-state index in [-0.39, 0.29) is 11.9 Å². The van der Waals surface area contributed by atoms with E-state index >= 15 is 0 Å². The average Bonchev–Trinajstić information content (AvgIpc) is 2.41. The van der Waals surface area contributed by atoms with Crippen LogP contribution in [0.15, 0.2) is 18.3 Å². The fraction of sp³-hybridized carbons (Fsp3) is 0.615. The van der Waals surface area contributed by atoms with Gasteiger partial charge in [-0.1, -0.05) is 0 Å². The first-order valence-corrected chi connectivity index (χ1v) is 6.27. The molecule has 0 aliphatic carbocycles. The minimum atomic E-state index is -0.253. The number of nitrogens with zero attached hydrogens (tertiary/aromatic N) is 2. The lowest BCUT2D eigenvalue weighted by atomic mass is 10.1. The number of pyridine rings is 1. The van der Waals surface area contributed by atoms with Crippen molar-refractivity contribution in [2.45, 2.75) is 18.9 Å². The predicted molar refractivity (Wildman–Crippen MR) is 67.3 cm³/mol. The van der Waals surface area contributed by atoms with Crippen LogP contribution < -0.4 is 4.90 Å². The maximum absolute atomic E-state index is 13.6. The summed E-state index contributed by atoms with van der Waals surface area (Å²) in [5.74, 6) is 0.198. The van der Waals surface area contributed by atoms with Gasteiger partial charge in [0.25, 0.3) is 0 Å². The molecule has 0 N–H and O–H groups in total. The first-order chi connectivity index (χ1) is 8.81. The van der Waals surface area contributed by atoms with E-state index in [0.717, 1.165) is 25.9 Å². The van der Waals surface area contributed by atoms with Gasteiger partial charge in [0.05, 0.1) is 19.3 Å². The molecular weight excluding hydrogens is 235 g/mol. The second kappa shape index (κ2) is 6.66. The van der Waals surface area contributed by atoms with Crippen molar-refractivity contribution in [1.82, 2.24) is 4.98 Å². The highest BCUT2D eigenvalue weighted by molar-refractivity contribution is 5.39. The van der Waals surface area contributed by atoms with Crippen LogP contribution in [0.1, 0.15) is 12.8 Å². The SMILES string of the molecule is COCCOC1CCN(c2ncccc2F)CC1. The van der Waals surface area contributed by atoms with E-state index in [1.165, 1.54) is 6.07 Å². The Morgan fingerprint density at radius 2 is 2.17 bits per heavy atom. The van der Waals surface area contributed by atoms with Gasteiger partial charge in [-0.15, -0.1) is 0 Å². The molecule has 1 saturated heterocycles. The molecule has 0 radical (unpaired) electrons. The summed E-state index contributed by atoms with van der Waals surface area (Å²) >= 11 is 0. The molecule has 1 aromatic heterocycles. The average molecular weight is 254 g/mol. The first-order valence-electron chi connectivity index (χ1n) is 6.27. The lowest BCUT2D eigenvalue weighted by molar-refractivity contribution is 0.00599. The second-order valence-corrected chi connectivity index (χ2v) is 4.36. The molecule has 0 saturated carbocycles. The topological polar surface area (TPSA) is 34.6 Å². The molecule has 5 heteroatoms. The molecule has 4 nitrogen and oxygen atoms in total. The van der Waals surface area contributed by atoms with Crippen LogP contribution in [0.25, 0.3) is 0 Å². The third-order valence-corrected chi connectivity index (χ3v) is 3.12. The zero-order valence-corrected chi connectivity index (χ0v) is 10.6. The Kier molecular flexibility index (Phi) is 4.90. The summed E-state index contributed by atoms with van der Waals surface area (Å²) in [5, 5.41) is 0. The van der Waals surface area contributed by atoms with Crippen molar-refractivity contribution in [3.05, 3.63) is 24.1 Å². The van der Waals surface area contributed by atoms with Gasteiger partial charge in [-0.3, -0.25) is 0 Å². The maximum atomic E-state index is 13.6. The Hall–Kier alpha value is -1.20. The summed E-state index contributed by atoms with van der Waals surface area (Å²) in [5.41, 5.74) is 0. The molecule has 2 rings (SSSR count). The van der Waals surface area contributed by atoms with Gasteiger partial charge in [0.15, 0.2) is 11.6 Å². The molecule has 1 aliphatic heterocycles. The summed E-state index contributed by atoms with van der Waals surface area (Å²) in [6, 6.07) is 3.06. The number of aromatic nitrogens is 1. The molecule has 1 fully saturated rings. The maximum Gasteiger partial charge on any atom is 0.165 e. The number of rotatable bonds is 5. The summed E-state index contributed by atoms with van der Waals surface area (Å²) in [4.78, 5) is 6.07. The molecular formula is C13H19FN2O2. The third kappa shape index (κ3) is 3.40. The van der Waals surface area contributed by atoms with Crippen LogP contribution in [0.5, 0.6) is 0 Å². The molecule has 100 valence electrons. The van der Waals surface area contributed by atoms with Crippen molar-refractivity contribution in [1.29, 1.82) is 0 Å². The van der Waals surface area contributed by atoms with Gasteiger partial charge in [0, 0.05) is 26.4 Å². The van der Waals surface area contributed by atoms with E-state index in [1.807, 2.05) is 4.90 Å². The Morgan fingerprint density at radius 3 is 2.83 bits per heavy atom. The molecule has 1 aromatic rings. The number of ether oxygens (including phenoxy) is 2. The highest BCUT2D eigenvalue weighted by atomic mass is 19.1. The van der Waals surface area contributed by atoms with E-state index in [0.29, 0.717) is 19.0 Å². The summed E-state index contributed by atoms with van der Waals surface area (Å²) in [6.07, 6.45) is 3.68. The lowest BCUT2D eigenvalue weighted by Crippen LogP contribution is -2.38.